The summed E-state index contributed by atoms with van der Waals surface area (Å²) in [6.07, 6.45) is 5.70. The van der Waals surface area contributed by atoms with Gasteiger partial charge in [-0.2, -0.15) is 0 Å². The first-order valence-electron chi connectivity index (χ1n) is 13.9. The molecule has 3 N–H and O–H groups in total. The van der Waals surface area contributed by atoms with Gasteiger partial charge < -0.3 is 20.5 Å². The summed E-state index contributed by atoms with van der Waals surface area (Å²) >= 11 is 0. The number of pyridine rings is 1. The summed E-state index contributed by atoms with van der Waals surface area (Å²) < 4.78 is 0. The van der Waals surface area contributed by atoms with Gasteiger partial charge in [0.05, 0.1) is 5.52 Å². The van der Waals surface area contributed by atoms with Crippen LogP contribution in [-0.4, -0.2) is 42.7 Å². The van der Waals surface area contributed by atoms with Crippen LogP contribution in [0.4, 0.5) is 11.5 Å². The van der Waals surface area contributed by atoms with Crippen molar-refractivity contribution in [3.05, 3.63) is 90.5 Å². The predicted molar refractivity (Wildman–Crippen MR) is 161 cm³/mol. The fourth-order valence-corrected chi connectivity index (χ4v) is 5.96. The molecule has 5 nitrogen and oxygen atoms in total. The maximum Gasteiger partial charge on any atom is 0.128 e. The van der Waals surface area contributed by atoms with Crippen molar-refractivity contribution in [2.24, 2.45) is 0 Å². The van der Waals surface area contributed by atoms with Crippen LogP contribution in [0.25, 0.3) is 33.1 Å². The minimum absolute atomic E-state index is 0.468. The number of anilines is 2. The number of H-pyrrole nitrogens is 1. The number of hydrogen-bond acceptors (Lipinski definition) is 4. The summed E-state index contributed by atoms with van der Waals surface area (Å²) in [7, 11) is 4.20. The standard InChI is InChI=1S/C33H37N5/c1-38(2)31-22-32(36-30-15-9-7-13-28(30)31)35-25-18-16-24(17-19-25)34-21-20-27-26-12-6-8-14-29(26)37-33(27)23-10-4-3-5-11-23/h3-15,22,24-25,34,37H,16-21H2,1-2H3,(H,35,36). The highest BCUT2D eigenvalue weighted by molar-refractivity contribution is 5.93. The van der Waals surface area contributed by atoms with Gasteiger partial charge in [-0.05, 0) is 61.9 Å². The molecule has 1 aliphatic rings. The van der Waals surface area contributed by atoms with Crippen molar-refractivity contribution in [2.75, 3.05) is 30.9 Å². The van der Waals surface area contributed by atoms with E-state index in [-0.39, 0.29) is 0 Å². The lowest BCUT2D eigenvalue weighted by Gasteiger charge is -2.30. The maximum atomic E-state index is 4.91. The highest BCUT2D eigenvalue weighted by Crippen LogP contribution is 2.31. The van der Waals surface area contributed by atoms with Gasteiger partial charge in [-0.25, -0.2) is 4.98 Å². The normalized spacial score (nSPS) is 17.6. The number of fused-ring (bicyclic) bond motifs is 2. The van der Waals surface area contributed by atoms with Gasteiger partial charge in [0.1, 0.15) is 5.82 Å². The Morgan fingerprint density at radius 2 is 1.50 bits per heavy atom. The molecular weight excluding hydrogens is 466 g/mol. The largest absolute Gasteiger partial charge is 0.377 e. The van der Waals surface area contributed by atoms with Crippen LogP contribution < -0.4 is 15.5 Å². The number of para-hydroxylation sites is 2. The van der Waals surface area contributed by atoms with E-state index in [9.17, 15) is 0 Å². The third kappa shape index (κ3) is 5.11. The lowest BCUT2D eigenvalue weighted by atomic mass is 9.91. The molecule has 6 rings (SSSR count). The van der Waals surface area contributed by atoms with Gasteiger partial charge in [0, 0.05) is 59.9 Å². The van der Waals surface area contributed by atoms with Crippen molar-refractivity contribution in [2.45, 2.75) is 44.2 Å². The van der Waals surface area contributed by atoms with E-state index in [1.165, 1.54) is 51.6 Å². The molecule has 0 spiro atoms. The third-order valence-corrected chi connectivity index (χ3v) is 7.94. The number of benzene rings is 3. The van der Waals surface area contributed by atoms with E-state index in [0.717, 1.165) is 37.1 Å². The number of hydrogen-bond donors (Lipinski definition) is 3. The van der Waals surface area contributed by atoms with E-state index in [4.69, 9.17) is 4.98 Å². The number of nitrogens with one attached hydrogen (secondary N) is 3. The molecule has 0 saturated heterocycles. The van der Waals surface area contributed by atoms with Crippen LogP contribution in [0.1, 0.15) is 31.2 Å². The molecule has 2 aromatic heterocycles. The molecule has 0 unspecified atom stereocenters. The number of rotatable bonds is 8. The summed E-state index contributed by atoms with van der Waals surface area (Å²) in [5, 5.41) is 10.1. The summed E-state index contributed by atoms with van der Waals surface area (Å²) in [6, 6.07) is 31.0. The summed E-state index contributed by atoms with van der Waals surface area (Å²) in [6.45, 7) is 0.989. The molecule has 0 radical (unpaired) electrons. The third-order valence-electron chi connectivity index (χ3n) is 7.94. The molecule has 5 aromatic rings. The van der Waals surface area contributed by atoms with Crippen molar-refractivity contribution in [3.63, 3.8) is 0 Å². The van der Waals surface area contributed by atoms with Gasteiger partial charge in [-0.3, -0.25) is 0 Å². The van der Waals surface area contributed by atoms with Crippen molar-refractivity contribution < 1.29 is 0 Å². The minimum atomic E-state index is 0.468. The van der Waals surface area contributed by atoms with Crippen LogP contribution in [0.3, 0.4) is 0 Å². The van der Waals surface area contributed by atoms with Crippen LogP contribution in [0.15, 0.2) is 84.9 Å². The topological polar surface area (TPSA) is 56.0 Å². The second-order valence-electron chi connectivity index (χ2n) is 10.7. The molecule has 2 heterocycles. The second kappa shape index (κ2) is 10.9. The zero-order valence-corrected chi connectivity index (χ0v) is 22.4. The quantitative estimate of drug-likeness (QED) is 0.213. The molecule has 0 atom stereocenters. The zero-order chi connectivity index (χ0) is 25.9. The SMILES string of the molecule is CN(C)c1cc(NC2CCC(NCCc3c(-c4ccccc4)[nH]c4ccccc34)CC2)nc2ccccc12. The van der Waals surface area contributed by atoms with Gasteiger partial charge in [0.25, 0.3) is 0 Å². The summed E-state index contributed by atoms with van der Waals surface area (Å²) in [5.74, 6) is 0.983. The first-order valence-corrected chi connectivity index (χ1v) is 13.9. The van der Waals surface area contributed by atoms with E-state index in [0.29, 0.717) is 12.1 Å². The fourth-order valence-electron chi connectivity index (χ4n) is 5.96. The molecule has 194 valence electrons. The second-order valence-corrected chi connectivity index (χ2v) is 10.7. The van der Waals surface area contributed by atoms with Crippen molar-refractivity contribution in [1.82, 2.24) is 15.3 Å². The first-order chi connectivity index (χ1) is 18.7. The molecule has 38 heavy (non-hydrogen) atoms. The van der Waals surface area contributed by atoms with Crippen molar-refractivity contribution in [1.29, 1.82) is 0 Å². The van der Waals surface area contributed by atoms with Crippen LogP contribution in [0, 0.1) is 0 Å². The van der Waals surface area contributed by atoms with E-state index in [2.05, 4.69) is 120 Å². The Bertz CT molecular complexity index is 1510. The molecule has 1 fully saturated rings. The minimum Gasteiger partial charge on any atom is -0.377 e. The van der Waals surface area contributed by atoms with Gasteiger partial charge in [-0.1, -0.05) is 66.7 Å². The van der Waals surface area contributed by atoms with Gasteiger partial charge in [-0.15, -0.1) is 0 Å². The Balaban J connectivity index is 1.07. The lowest BCUT2D eigenvalue weighted by molar-refractivity contribution is 0.355. The van der Waals surface area contributed by atoms with Crippen molar-refractivity contribution >= 4 is 33.3 Å². The zero-order valence-electron chi connectivity index (χ0n) is 22.4. The Morgan fingerprint density at radius 1 is 0.816 bits per heavy atom. The van der Waals surface area contributed by atoms with Crippen molar-refractivity contribution in [3.8, 4) is 11.3 Å². The number of aromatic nitrogens is 2. The van der Waals surface area contributed by atoms with E-state index in [1.807, 2.05) is 0 Å². The van der Waals surface area contributed by atoms with E-state index >= 15 is 0 Å². The van der Waals surface area contributed by atoms with Gasteiger partial charge in [0.15, 0.2) is 0 Å². The average Bonchev–Trinajstić information content (AvgIpc) is 3.32. The molecule has 0 bridgehead atoms. The van der Waals surface area contributed by atoms with Crippen LogP contribution in [0.2, 0.25) is 0 Å². The van der Waals surface area contributed by atoms with E-state index in [1.54, 1.807) is 0 Å². The summed E-state index contributed by atoms with van der Waals surface area (Å²) in [5.41, 5.74) is 7.39. The molecular formula is C33H37N5. The molecule has 3 aromatic carbocycles. The van der Waals surface area contributed by atoms with Crippen LogP contribution in [-0.2, 0) is 6.42 Å². The monoisotopic (exact) mass is 503 g/mol. The Labute approximate surface area is 225 Å². The summed E-state index contributed by atoms with van der Waals surface area (Å²) in [4.78, 5) is 10.8. The smallest absolute Gasteiger partial charge is 0.128 e. The van der Waals surface area contributed by atoms with Crippen LogP contribution in [0.5, 0.6) is 0 Å². The predicted octanol–water partition coefficient (Wildman–Crippen LogP) is 7.00. The molecule has 0 amide bonds. The maximum absolute atomic E-state index is 4.91. The highest BCUT2D eigenvalue weighted by atomic mass is 15.1. The molecule has 1 aliphatic carbocycles. The molecule has 1 saturated carbocycles. The van der Waals surface area contributed by atoms with E-state index < -0.39 is 0 Å². The Kier molecular flexibility index (Phi) is 7.02. The fraction of sp³-hybridized carbons (Fsp3) is 0.303. The molecule has 0 aliphatic heterocycles. The van der Waals surface area contributed by atoms with Gasteiger partial charge in [0.2, 0.25) is 0 Å². The highest BCUT2D eigenvalue weighted by Gasteiger charge is 2.22. The van der Waals surface area contributed by atoms with Gasteiger partial charge >= 0.3 is 0 Å². The number of nitrogens with zero attached hydrogens (tertiary/aromatic N) is 2. The Hall–Kier alpha value is -3.83. The van der Waals surface area contributed by atoms with Crippen LogP contribution >= 0.6 is 0 Å². The number of aromatic amines is 1. The lowest BCUT2D eigenvalue weighted by Crippen LogP contribution is -2.38. The molecule has 5 heteroatoms. The average molecular weight is 504 g/mol. The first kappa shape index (κ1) is 24.5. The Morgan fingerprint density at radius 3 is 2.29 bits per heavy atom.